The van der Waals surface area contributed by atoms with E-state index in [0.717, 1.165) is 24.1 Å². The first-order chi connectivity index (χ1) is 15.1. The summed E-state index contributed by atoms with van der Waals surface area (Å²) in [5.41, 5.74) is 2.31. The van der Waals surface area contributed by atoms with Crippen LogP contribution in [0.3, 0.4) is 0 Å². The lowest BCUT2D eigenvalue weighted by Crippen LogP contribution is -2.47. The summed E-state index contributed by atoms with van der Waals surface area (Å²) in [5.74, 6) is -0.834. The number of carbonyl (C=O) groups is 3. The molecule has 1 fully saturated rings. The first kappa shape index (κ1) is 23.1. The Kier molecular flexibility index (Phi) is 6.98. The van der Waals surface area contributed by atoms with Gasteiger partial charge < -0.3 is 20.9 Å². The number of piperazine rings is 1. The molecule has 0 spiro atoms. The molecule has 1 aliphatic heterocycles. The van der Waals surface area contributed by atoms with Crippen LogP contribution >= 0.6 is 0 Å². The van der Waals surface area contributed by atoms with Gasteiger partial charge in [0.1, 0.15) is 0 Å². The van der Waals surface area contributed by atoms with Gasteiger partial charge in [0, 0.05) is 37.9 Å². The van der Waals surface area contributed by atoms with Gasteiger partial charge in [0.15, 0.2) is 0 Å². The molecule has 0 bridgehead atoms. The van der Waals surface area contributed by atoms with Crippen molar-refractivity contribution in [3.8, 4) is 0 Å². The Bertz CT molecular complexity index is 1130. The predicted octanol–water partition coefficient (Wildman–Crippen LogP) is 0.883. The lowest BCUT2D eigenvalue weighted by Gasteiger charge is -2.28. The molecule has 0 aromatic heterocycles. The summed E-state index contributed by atoms with van der Waals surface area (Å²) in [6.45, 7) is 3.17. The van der Waals surface area contributed by atoms with Crippen molar-refractivity contribution in [1.29, 1.82) is 0 Å². The summed E-state index contributed by atoms with van der Waals surface area (Å²) in [7, 11) is -3.61. The van der Waals surface area contributed by atoms with Crippen LogP contribution in [-0.2, 0) is 26.2 Å². The predicted molar refractivity (Wildman–Crippen MR) is 122 cm³/mol. The highest BCUT2D eigenvalue weighted by Crippen LogP contribution is 2.22. The number of carbonyl (C=O) groups excluding carboxylic acids is 3. The Morgan fingerprint density at radius 3 is 2.47 bits per heavy atom. The second-order valence-corrected chi connectivity index (χ2v) is 9.18. The molecule has 0 saturated carbocycles. The highest BCUT2D eigenvalue weighted by molar-refractivity contribution is 7.92. The molecule has 3 amide bonds. The average molecular weight is 460 g/mol. The largest absolute Gasteiger partial charge is 0.360 e. The van der Waals surface area contributed by atoms with Gasteiger partial charge in [-0.1, -0.05) is 12.1 Å². The topological polar surface area (TPSA) is 137 Å². The molecule has 2 aromatic carbocycles. The fraction of sp³-hybridized carbons (Fsp3) is 0.286. The van der Waals surface area contributed by atoms with E-state index < -0.39 is 15.9 Å². The van der Waals surface area contributed by atoms with E-state index in [-0.39, 0.29) is 29.6 Å². The number of nitrogens with one attached hydrogen (secondary N) is 4. The lowest BCUT2D eigenvalue weighted by molar-refractivity contribution is -0.120. The summed E-state index contributed by atoms with van der Waals surface area (Å²) < 4.78 is 25.6. The van der Waals surface area contributed by atoms with Gasteiger partial charge in [0.2, 0.25) is 21.8 Å². The molecule has 1 saturated heterocycles. The van der Waals surface area contributed by atoms with E-state index >= 15 is 0 Å². The highest BCUT2D eigenvalue weighted by atomic mass is 32.2. The molecule has 32 heavy (non-hydrogen) atoms. The van der Waals surface area contributed by atoms with E-state index in [4.69, 9.17) is 0 Å². The average Bonchev–Trinajstić information content (AvgIpc) is 2.72. The number of anilines is 3. The van der Waals surface area contributed by atoms with Crippen LogP contribution in [0.1, 0.15) is 22.8 Å². The van der Waals surface area contributed by atoms with Crippen molar-refractivity contribution in [3.63, 3.8) is 0 Å². The maximum absolute atomic E-state index is 12.8. The fourth-order valence-corrected chi connectivity index (χ4v) is 3.84. The monoisotopic (exact) mass is 459 g/mol. The van der Waals surface area contributed by atoms with Gasteiger partial charge in [0.05, 0.1) is 24.1 Å². The van der Waals surface area contributed by atoms with Crippen molar-refractivity contribution >= 4 is 44.8 Å². The van der Waals surface area contributed by atoms with Gasteiger partial charge in [-0.3, -0.25) is 19.1 Å². The van der Waals surface area contributed by atoms with Crippen molar-refractivity contribution in [2.45, 2.75) is 13.5 Å². The van der Waals surface area contributed by atoms with Crippen LogP contribution in [-0.4, -0.2) is 52.0 Å². The minimum atomic E-state index is -3.61. The number of hydrogen-bond donors (Lipinski definition) is 4. The Hall–Kier alpha value is -3.60. The number of benzene rings is 2. The van der Waals surface area contributed by atoms with E-state index in [1.54, 1.807) is 0 Å². The minimum absolute atomic E-state index is 0.0207. The van der Waals surface area contributed by atoms with Crippen LogP contribution in [0.15, 0.2) is 42.5 Å². The van der Waals surface area contributed by atoms with Gasteiger partial charge in [-0.2, -0.15) is 0 Å². The third-order valence-electron chi connectivity index (χ3n) is 4.67. The third kappa shape index (κ3) is 6.45. The molecule has 10 nitrogen and oxygen atoms in total. The van der Waals surface area contributed by atoms with Gasteiger partial charge in [-0.05, 0) is 35.9 Å². The Balaban J connectivity index is 1.71. The van der Waals surface area contributed by atoms with Crippen LogP contribution < -0.4 is 25.6 Å². The Morgan fingerprint density at radius 1 is 1.12 bits per heavy atom. The van der Waals surface area contributed by atoms with E-state index in [2.05, 4.69) is 20.7 Å². The second-order valence-electron chi connectivity index (χ2n) is 7.44. The molecule has 2 aromatic rings. The smallest absolute Gasteiger partial charge is 0.253 e. The number of rotatable bonds is 7. The Labute approximate surface area is 186 Å². The normalized spacial score (nSPS) is 13.8. The van der Waals surface area contributed by atoms with Crippen LogP contribution in [0.25, 0.3) is 0 Å². The molecule has 0 unspecified atom stereocenters. The molecule has 0 aliphatic carbocycles. The van der Waals surface area contributed by atoms with Crippen LogP contribution in [0.5, 0.6) is 0 Å². The summed E-state index contributed by atoms with van der Waals surface area (Å²) in [6.07, 6.45) is 0.990. The molecule has 170 valence electrons. The molecule has 0 atom stereocenters. The summed E-state index contributed by atoms with van der Waals surface area (Å²) in [6, 6.07) is 11.8. The maximum atomic E-state index is 12.8. The van der Waals surface area contributed by atoms with E-state index in [0.29, 0.717) is 18.8 Å². The van der Waals surface area contributed by atoms with E-state index in [1.165, 1.54) is 25.1 Å². The van der Waals surface area contributed by atoms with Crippen molar-refractivity contribution in [2.75, 3.05) is 40.8 Å². The molecule has 11 heteroatoms. The van der Waals surface area contributed by atoms with Gasteiger partial charge in [-0.25, -0.2) is 8.42 Å². The molecule has 3 rings (SSSR count). The van der Waals surface area contributed by atoms with E-state index in [1.807, 2.05) is 29.2 Å². The first-order valence-electron chi connectivity index (χ1n) is 9.89. The van der Waals surface area contributed by atoms with Crippen molar-refractivity contribution in [2.24, 2.45) is 0 Å². The minimum Gasteiger partial charge on any atom is -0.360 e. The number of nitrogens with zero attached hydrogens (tertiary/aromatic N) is 1. The number of sulfonamides is 1. The zero-order valence-corrected chi connectivity index (χ0v) is 18.6. The van der Waals surface area contributed by atoms with Crippen LogP contribution in [0, 0.1) is 0 Å². The Morgan fingerprint density at radius 2 is 1.84 bits per heavy atom. The van der Waals surface area contributed by atoms with Gasteiger partial charge in [-0.15, -0.1) is 0 Å². The molecule has 1 aliphatic rings. The number of hydrogen-bond acceptors (Lipinski definition) is 6. The standard InChI is InChI=1S/C21H25N5O5S/c1-14(27)24-16-5-8-19(25-32(2,30)31)18(11-16)21(29)23-12-15-3-6-17(7-4-15)26-10-9-22-20(28)13-26/h3-8,11,25H,9-10,12-13H2,1-2H3,(H,22,28)(H,23,29)(H,24,27). The lowest BCUT2D eigenvalue weighted by atomic mass is 10.1. The van der Waals surface area contributed by atoms with Crippen molar-refractivity contribution in [1.82, 2.24) is 10.6 Å². The van der Waals surface area contributed by atoms with E-state index in [9.17, 15) is 22.8 Å². The molecule has 1 heterocycles. The quantitative estimate of drug-likeness (QED) is 0.485. The van der Waals surface area contributed by atoms with Crippen LogP contribution in [0.2, 0.25) is 0 Å². The van der Waals surface area contributed by atoms with Crippen molar-refractivity contribution < 1.29 is 22.8 Å². The summed E-state index contributed by atoms with van der Waals surface area (Å²) in [4.78, 5) is 37.7. The molecule has 4 N–H and O–H groups in total. The maximum Gasteiger partial charge on any atom is 0.253 e. The molecular formula is C21H25N5O5S. The third-order valence-corrected chi connectivity index (χ3v) is 5.26. The first-order valence-corrected chi connectivity index (χ1v) is 11.8. The van der Waals surface area contributed by atoms with Gasteiger partial charge >= 0.3 is 0 Å². The number of amides is 3. The second kappa shape index (κ2) is 9.69. The van der Waals surface area contributed by atoms with Crippen LogP contribution in [0.4, 0.5) is 17.1 Å². The zero-order chi connectivity index (χ0) is 23.3. The SMILES string of the molecule is CC(=O)Nc1ccc(NS(C)(=O)=O)c(C(=O)NCc2ccc(N3CCNC(=O)C3)cc2)c1. The summed E-state index contributed by atoms with van der Waals surface area (Å²) in [5, 5.41) is 8.12. The highest BCUT2D eigenvalue weighted by Gasteiger charge is 2.17. The zero-order valence-electron chi connectivity index (χ0n) is 17.8. The fourth-order valence-electron chi connectivity index (χ4n) is 3.26. The van der Waals surface area contributed by atoms with Gasteiger partial charge in [0.25, 0.3) is 5.91 Å². The van der Waals surface area contributed by atoms with Crippen molar-refractivity contribution in [3.05, 3.63) is 53.6 Å². The summed E-state index contributed by atoms with van der Waals surface area (Å²) >= 11 is 0. The molecule has 0 radical (unpaired) electrons. The molecular weight excluding hydrogens is 434 g/mol.